The van der Waals surface area contributed by atoms with Crippen LogP contribution in [0, 0.1) is 5.92 Å². The predicted molar refractivity (Wildman–Crippen MR) is 171 cm³/mol. The van der Waals surface area contributed by atoms with Crippen LogP contribution in [-0.4, -0.2) is 69.6 Å². The number of phenols is 1. The number of carbonyl (C=O) groups excluding carboxylic acids is 5. The molecule has 3 atom stereocenters. The van der Waals surface area contributed by atoms with E-state index in [9.17, 15) is 29.1 Å². The molecule has 1 heterocycles. The van der Waals surface area contributed by atoms with Crippen molar-refractivity contribution in [2.45, 2.75) is 51.6 Å². The van der Waals surface area contributed by atoms with Gasteiger partial charge in [0, 0.05) is 12.2 Å². The molecule has 3 N–H and O–H groups in total. The van der Waals surface area contributed by atoms with E-state index in [1.807, 2.05) is 18.2 Å². The second kappa shape index (κ2) is 16.5. The molecule has 0 unspecified atom stereocenters. The van der Waals surface area contributed by atoms with Crippen LogP contribution in [0.5, 0.6) is 5.75 Å². The number of thioether (sulfide) groups is 1. The van der Waals surface area contributed by atoms with Crippen LogP contribution in [-0.2, 0) is 48.1 Å². The van der Waals surface area contributed by atoms with Gasteiger partial charge in [-0.05, 0) is 49.1 Å². The van der Waals surface area contributed by atoms with Crippen molar-refractivity contribution in [1.82, 2.24) is 15.5 Å². The van der Waals surface area contributed by atoms with Crippen molar-refractivity contribution in [3.8, 4) is 5.75 Å². The van der Waals surface area contributed by atoms with Gasteiger partial charge in [0.2, 0.25) is 11.8 Å². The maximum Gasteiger partial charge on any atom is 0.408 e. The summed E-state index contributed by atoms with van der Waals surface area (Å²) < 4.78 is 10.5. The maximum atomic E-state index is 13.9. The molecule has 0 aliphatic carbocycles. The van der Waals surface area contributed by atoms with Crippen molar-refractivity contribution in [2.75, 3.05) is 11.6 Å². The largest absolute Gasteiger partial charge is 0.508 e. The van der Waals surface area contributed by atoms with E-state index in [0.29, 0.717) is 16.9 Å². The standard InChI is InChI=1S/C34H37N3O8S/c1-22(2)45-33(42)30(39)27(17-23-9-5-3-6-10-23)31(40)36-29-20-46-21-37(29)32(41)28(18-24-13-15-26(38)16-14-24)35-34(43)44-19-25-11-7-4-8-12-25/h3-16,22,27-29,38H,17-21H2,1-2H3,(H,35,43)(H,36,40)/t27-,28-,29+/m0/s1. The summed E-state index contributed by atoms with van der Waals surface area (Å²) in [5.74, 6) is -4.07. The van der Waals surface area contributed by atoms with E-state index in [0.717, 1.165) is 5.56 Å². The van der Waals surface area contributed by atoms with Crippen LogP contribution in [0.15, 0.2) is 84.9 Å². The lowest BCUT2D eigenvalue weighted by molar-refractivity contribution is -0.160. The van der Waals surface area contributed by atoms with Crippen LogP contribution in [0.4, 0.5) is 4.79 Å². The van der Waals surface area contributed by atoms with Gasteiger partial charge in [-0.1, -0.05) is 72.8 Å². The van der Waals surface area contributed by atoms with Crippen molar-refractivity contribution in [1.29, 1.82) is 0 Å². The second-order valence-corrected chi connectivity index (χ2v) is 12.0. The molecule has 46 heavy (non-hydrogen) atoms. The van der Waals surface area contributed by atoms with Gasteiger partial charge in [-0.15, -0.1) is 11.8 Å². The van der Waals surface area contributed by atoms with E-state index in [1.54, 1.807) is 68.4 Å². The summed E-state index contributed by atoms with van der Waals surface area (Å²) in [6.07, 6.45) is -2.12. The van der Waals surface area contributed by atoms with E-state index < -0.39 is 53.9 Å². The zero-order valence-corrected chi connectivity index (χ0v) is 26.4. The van der Waals surface area contributed by atoms with E-state index in [4.69, 9.17) is 9.47 Å². The number of ether oxygens (including phenoxy) is 2. The molecular weight excluding hydrogens is 610 g/mol. The molecule has 11 nitrogen and oxygen atoms in total. The number of esters is 1. The predicted octanol–water partition coefficient (Wildman–Crippen LogP) is 3.58. The van der Waals surface area contributed by atoms with Gasteiger partial charge in [0.05, 0.1) is 12.0 Å². The molecule has 1 saturated heterocycles. The molecule has 242 valence electrons. The van der Waals surface area contributed by atoms with Crippen molar-refractivity contribution >= 4 is 41.4 Å². The van der Waals surface area contributed by atoms with Gasteiger partial charge in [0.1, 0.15) is 30.5 Å². The van der Waals surface area contributed by atoms with Crippen molar-refractivity contribution < 1.29 is 38.6 Å². The number of benzene rings is 3. The topological polar surface area (TPSA) is 151 Å². The maximum absolute atomic E-state index is 13.9. The Bertz CT molecular complexity index is 1500. The zero-order valence-electron chi connectivity index (χ0n) is 25.6. The van der Waals surface area contributed by atoms with Gasteiger partial charge < -0.3 is 30.1 Å². The molecule has 4 rings (SSSR count). The normalized spacial score (nSPS) is 15.5. The number of nitrogens with zero attached hydrogens (tertiary/aromatic N) is 1. The molecule has 0 aromatic heterocycles. The smallest absolute Gasteiger partial charge is 0.408 e. The summed E-state index contributed by atoms with van der Waals surface area (Å²) in [6.45, 7) is 3.22. The molecule has 1 fully saturated rings. The van der Waals surface area contributed by atoms with Gasteiger partial charge in [0.25, 0.3) is 5.78 Å². The first kappa shape index (κ1) is 34.0. The fourth-order valence-electron chi connectivity index (χ4n) is 4.79. The van der Waals surface area contributed by atoms with Gasteiger partial charge in [-0.3, -0.25) is 14.4 Å². The minimum atomic E-state index is -1.38. The minimum Gasteiger partial charge on any atom is -0.508 e. The average molecular weight is 648 g/mol. The van der Waals surface area contributed by atoms with Crippen molar-refractivity contribution in [3.05, 3.63) is 102 Å². The van der Waals surface area contributed by atoms with Gasteiger partial charge >= 0.3 is 12.1 Å². The summed E-state index contributed by atoms with van der Waals surface area (Å²) in [5, 5.41) is 15.1. The third-order valence-corrected chi connectivity index (χ3v) is 8.13. The van der Waals surface area contributed by atoms with E-state index in [1.165, 1.54) is 28.8 Å². The lowest BCUT2D eigenvalue weighted by Gasteiger charge is -2.30. The van der Waals surface area contributed by atoms with Crippen LogP contribution in [0.3, 0.4) is 0 Å². The zero-order chi connectivity index (χ0) is 33.1. The first-order chi connectivity index (χ1) is 22.1. The monoisotopic (exact) mass is 647 g/mol. The number of aromatic hydroxyl groups is 1. The lowest BCUT2D eigenvalue weighted by atomic mass is 9.94. The third kappa shape index (κ3) is 9.83. The highest BCUT2D eigenvalue weighted by Gasteiger charge is 2.39. The molecule has 0 radical (unpaired) electrons. The highest BCUT2D eigenvalue weighted by molar-refractivity contribution is 7.99. The average Bonchev–Trinajstić information content (AvgIpc) is 3.51. The molecule has 12 heteroatoms. The number of amides is 3. The summed E-state index contributed by atoms with van der Waals surface area (Å²) in [5.41, 5.74) is 2.12. The first-order valence-corrected chi connectivity index (χ1v) is 16.0. The van der Waals surface area contributed by atoms with Gasteiger partial charge in [-0.25, -0.2) is 9.59 Å². The number of nitrogens with one attached hydrogen (secondary N) is 2. The Hall–Kier alpha value is -4.84. The van der Waals surface area contributed by atoms with Crippen LogP contribution >= 0.6 is 11.8 Å². The van der Waals surface area contributed by atoms with Gasteiger partial charge in [-0.2, -0.15) is 0 Å². The van der Waals surface area contributed by atoms with Crippen molar-refractivity contribution in [3.63, 3.8) is 0 Å². The number of Topliss-reactive ketones (excluding diaryl/α,β-unsaturated/α-hetero) is 1. The highest BCUT2D eigenvalue weighted by Crippen LogP contribution is 2.23. The molecule has 1 aliphatic rings. The molecule has 0 saturated carbocycles. The molecular formula is C34H37N3O8S. The number of ketones is 1. The third-order valence-electron chi connectivity index (χ3n) is 7.11. The van der Waals surface area contributed by atoms with Crippen LogP contribution < -0.4 is 10.6 Å². The molecule has 1 aliphatic heterocycles. The Balaban J connectivity index is 1.50. The van der Waals surface area contributed by atoms with Crippen molar-refractivity contribution in [2.24, 2.45) is 5.92 Å². The molecule has 0 spiro atoms. The first-order valence-electron chi connectivity index (χ1n) is 14.8. The minimum absolute atomic E-state index is 0.00111. The van der Waals surface area contributed by atoms with Crippen LogP contribution in [0.1, 0.15) is 30.5 Å². The lowest BCUT2D eigenvalue weighted by Crippen LogP contribution is -2.57. The Kier molecular flexibility index (Phi) is 12.2. The number of hydrogen-bond acceptors (Lipinski definition) is 9. The molecule has 3 aromatic carbocycles. The van der Waals surface area contributed by atoms with Crippen LogP contribution in [0.25, 0.3) is 0 Å². The number of carbonyl (C=O) groups is 5. The number of rotatable bonds is 13. The van der Waals surface area contributed by atoms with Gasteiger partial charge in [0.15, 0.2) is 0 Å². The van der Waals surface area contributed by atoms with Crippen LogP contribution in [0.2, 0.25) is 0 Å². The quantitative estimate of drug-likeness (QED) is 0.144. The van der Waals surface area contributed by atoms with E-state index in [-0.39, 0.29) is 31.1 Å². The molecule has 0 bridgehead atoms. The summed E-state index contributed by atoms with van der Waals surface area (Å²) in [4.78, 5) is 67.5. The highest BCUT2D eigenvalue weighted by atomic mass is 32.2. The molecule has 3 amide bonds. The second-order valence-electron chi connectivity index (χ2n) is 11.0. The summed E-state index contributed by atoms with van der Waals surface area (Å²) in [7, 11) is 0. The Labute approximate surface area is 271 Å². The summed E-state index contributed by atoms with van der Waals surface area (Å²) in [6, 6.07) is 23.1. The number of hydrogen-bond donors (Lipinski definition) is 3. The number of alkyl carbamates (subject to hydrolysis) is 1. The Morgan fingerprint density at radius 2 is 1.48 bits per heavy atom. The van der Waals surface area contributed by atoms with E-state index >= 15 is 0 Å². The molecule has 3 aromatic rings. The fraction of sp³-hybridized carbons (Fsp3) is 0.324. The Morgan fingerprint density at radius 3 is 2.11 bits per heavy atom. The summed E-state index contributed by atoms with van der Waals surface area (Å²) >= 11 is 1.39. The number of phenolic OH excluding ortho intramolecular Hbond substituents is 1. The SMILES string of the molecule is CC(C)OC(=O)C(=O)[C@H](Cc1ccccc1)C(=O)N[C@H]1CSCN1C(=O)[C@H](Cc1ccc(O)cc1)NC(=O)OCc1ccccc1. The fourth-order valence-corrected chi connectivity index (χ4v) is 5.88. The van der Waals surface area contributed by atoms with E-state index in [2.05, 4.69) is 10.6 Å². The Morgan fingerprint density at radius 1 is 0.870 bits per heavy atom.